The first kappa shape index (κ1) is 11.2. The largest absolute Gasteiger partial charge is 0.493 e. The lowest BCUT2D eigenvalue weighted by Crippen LogP contribution is -2.04. The van der Waals surface area contributed by atoms with Gasteiger partial charge in [0, 0.05) is 5.56 Å². The molecule has 6 heteroatoms. The average Bonchev–Trinajstić information content (AvgIpc) is 2.18. The van der Waals surface area contributed by atoms with Gasteiger partial charge in [-0.2, -0.15) is 5.26 Å². The van der Waals surface area contributed by atoms with E-state index in [-0.39, 0.29) is 29.2 Å². The molecule has 0 atom stereocenters. The van der Waals surface area contributed by atoms with Crippen LogP contribution in [0, 0.1) is 11.3 Å². The number of methoxy groups -OCH3 is 1. The van der Waals surface area contributed by atoms with Gasteiger partial charge < -0.3 is 10.5 Å². The van der Waals surface area contributed by atoms with E-state index in [2.05, 4.69) is 4.98 Å². The van der Waals surface area contributed by atoms with Crippen LogP contribution in [0.2, 0.25) is 0 Å². The predicted molar refractivity (Wildman–Crippen MR) is 49.5 cm³/mol. The molecular weight excluding hydrogens is 204 g/mol. The maximum Gasteiger partial charge on any atom is 0.265 e. The quantitative estimate of drug-likeness (QED) is 0.828. The molecule has 1 aromatic rings. The Labute approximate surface area is 85.3 Å². The highest BCUT2D eigenvalue weighted by Gasteiger charge is 2.17. The first-order chi connectivity index (χ1) is 7.10. The van der Waals surface area contributed by atoms with Crippen LogP contribution in [0.4, 0.5) is 14.6 Å². The van der Waals surface area contributed by atoms with Crippen LogP contribution >= 0.6 is 0 Å². The lowest BCUT2D eigenvalue weighted by molar-refractivity contribution is 0.149. The SMILES string of the molecule is COc1cc(C(F)F)c(CC#N)nc1N. The van der Waals surface area contributed by atoms with E-state index in [1.807, 2.05) is 0 Å². The Balaban J connectivity index is 3.26. The summed E-state index contributed by atoms with van der Waals surface area (Å²) in [6, 6.07) is 2.86. The standard InChI is InChI=1S/C9H9F2N3O/c1-15-7-4-5(8(10)11)6(2-3-12)14-9(7)13/h4,8H,2H2,1H3,(H2,13,14). The van der Waals surface area contributed by atoms with Gasteiger partial charge in [-0.15, -0.1) is 0 Å². The Morgan fingerprint density at radius 2 is 2.33 bits per heavy atom. The zero-order valence-electron chi connectivity index (χ0n) is 8.00. The fourth-order valence-corrected chi connectivity index (χ4v) is 1.13. The van der Waals surface area contributed by atoms with E-state index >= 15 is 0 Å². The Kier molecular flexibility index (Phi) is 3.39. The molecule has 0 aliphatic rings. The van der Waals surface area contributed by atoms with Crippen LogP contribution in [0.1, 0.15) is 17.7 Å². The van der Waals surface area contributed by atoms with Crippen molar-refractivity contribution >= 4 is 5.82 Å². The number of alkyl halides is 2. The summed E-state index contributed by atoms with van der Waals surface area (Å²) in [6.07, 6.45) is -2.90. The summed E-state index contributed by atoms with van der Waals surface area (Å²) in [7, 11) is 1.31. The first-order valence-electron chi connectivity index (χ1n) is 4.08. The number of aromatic nitrogens is 1. The molecule has 0 radical (unpaired) electrons. The fourth-order valence-electron chi connectivity index (χ4n) is 1.13. The number of hydrogen-bond donors (Lipinski definition) is 1. The van der Waals surface area contributed by atoms with Crippen molar-refractivity contribution in [3.63, 3.8) is 0 Å². The van der Waals surface area contributed by atoms with Gasteiger partial charge in [0.2, 0.25) is 0 Å². The third-order valence-electron chi connectivity index (χ3n) is 1.83. The van der Waals surface area contributed by atoms with E-state index in [1.165, 1.54) is 7.11 Å². The lowest BCUT2D eigenvalue weighted by atomic mass is 10.1. The number of anilines is 1. The Bertz CT molecular complexity index is 401. The Morgan fingerprint density at radius 3 is 2.80 bits per heavy atom. The number of pyridine rings is 1. The maximum absolute atomic E-state index is 12.6. The number of nitrogens with zero attached hydrogens (tertiary/aromatic N) is 2. The number of rotatable bonds is 3. The molecule has 15 heavy (non-hydrogen) atoms. The van der Waals surface area contributed by atoms with E-state index < -0.39 is 6.43 Å². The van der Waals surface area contributed by atoms with Crippen molar-refractivity contribution in [3.05, 3.63) is 17.3 Å². The predicted octanol–water partition coefficient (Wildman–Crippen LogP) is 1.68. The Hall–Kier alpha value is -1.90. The molecule has 0 aliphatic carbocycles. The summed E-state index contributed by atoms with van der Waals surface area (Å²) in [4.78, 5) is 3.71. The minimum Gasteiger partial charge on any atom is -0.493 e. The zero-order valence-corrected chi connectivity index (χ0v) is 8.00. The Morgan fingerprint density at radius 1 is 1.67 bits per heavy atom. The van der Waals surface area contributed by atoms with E-state index in [9.17, 15) is 8.78 Å². The maximum atomic E-state index is 12.6. The van der Waals surface area contributed by atoms with Crippen molar-refractivity contribution in [2.45, 2.75) is 12.8 Å². The number of nitrogens with two attached hydrogens (primary N) is 1. The van der Waals surface area contributed by atoms with Crippen LogP contribution in [-0.4, -0.2) is 12.1 Å². The third-order valence-corrected chi connectivity index (χ3v) is 1.83. The van der Waals surface area contributed by atoms with Gasteiger partial charge in [0.15, 0.2) is 11.6 Å². The van der Waals surface area contributed by atoms with Gasteiger partial charge in [0.25, 0.3) is 6.43 Å². The molecule has 0 bridgehead atoms. The molecule has 0 spiro atoms. The molecule has 1 rings (SSSR count). The van der Waals surface area contributed by atoms with Crippen molar-refractivity contribution in [3.8, 4) is 11.8 Å². The topological polar surface area (TPSA) is 71.9 Å². The second-order valence-electron chi connectivity index (χ2n) is 2.75. The molecule has 0 saturated carbocycles. The monoisotopic (exact) mass is 213 g/mol. The van der Waals surface area contributed by atoms with E-state index in [4.69, 9.17) is 15.7 Å². The molecule has 1 aromatic heterocycles. The minimum atomic E-state index is -2.70. The van der Waals surface area contributed by atoms with Gasteiger partial charge in [-0.1, -0.05) is 0 Å². The molecule has 1 heterocycles. The number of ether oxygens (including phenoxy) is 1. The summed E-state index contributed by atoms with van der Waals surface area (Å²) in [5.74, 6) is 0.0964. The normalized spacial score (nSPS) is 10.1. The van der Waals surface area contributed by atoms with Crippen molar-refractivity contribution in [1.82, 2.24) is 4.98 Å². The smallest absolute Gasteiger partial charge is 0.265 e. The van der Waals surface area contributed by atoms with Gasteiger partial charge in [0.1, 0.15) is 0 Å². The molecule has 0 aromatic carbocycles. The summed E-state index contributed by atoms with van der Waals surface area (Å²) in [5, 5.41) is 8.44. The minimum absolute atomic E-state index is 0.00662. The van der Waals surface area contributed by atoms with Crippen molar-refractivity contribution in [2.75, 3.05) is 12.8 Å². The highest BCUT2D eigenvalue weighted by Crippen LogP contribution is 2.29. The van der Waals surface area contributed by atoms with Gasteiger partial charge >= 0.3 is 0 Å². The highest BCUT2D eigenvalue weighted by molar-refractivity contribution is 5.50. The summed E-state index contributed by atoms with van der Waals surface area (Å²) >= 11 is 0. The molecule has 0 aliphatic heterocycles. The number of nitriles is 1. The molecule has 80 valence electrons. The number of nitrogen functional groups attached to an aromatic ring is 1. The summed E-state index contributed by atoms with van der Waals surface area (Å²) in [5.41, 5.74) is 5.12. The summed E-state index contributed by atoms with van der Waals surface area (Å²) < 4.78 is 29.9. The van der Waals surface area contributed by atoms with Crippen molar-refractivity contribution in [2.24, 2.45) is 0 Å². The van der Waals surface area contributed by atoms with Gasteiger partial charge in [-0.25, -0.2) is 13.8 Å². The van der Waals surface area contributed by atoms with Crippen LogP contribution in [0.3, 0.4) is 0 Å². The second kappa shape index (κ2) is 4.55. The van der Waals surface area contributed by atoms with E-state index in [1.54, 1.807) is 6.07 Å². The molecule has 2 N–H and O–H groups in total. The van der Waals surface area contributed by atoms with Crippen LogP contribution in [0.5, 0.6) is 5.75 Å². The molecule has 0 saturated heterocycles. The van der Waals surface area contributed by atoms with Crippen LogP contribution in [0.25, 0.3) is 0 Å². The van der Waals surface area contributed by atoms with Crippen LogP contribution in [0.15, 0.2) is 6.07 Å². The molecular formula is C9H9F2N3O. The van der Waals surface area contributed by atoms with Crippen molar-refractivity contribution in [1.29, 1.82) is 5.26 Å². The molecule has 0 fully saturated rings. The van der Waals surface area contributed by atoms with E-state index in [0.717, 1.165) is 6.07 Å². The number of halogens is 2. The molecule has 0 unspecified atom stereocenters. The van der Waals surface area contributed by atoms with E-state index in [0.29, 0.717) is 0 Å². The summed E-state index contributed by atoms with van der Waals surface area (Å²) in [6.45, 7) is 0. The fraction of sp³-hybridized carbons (Fsp3) is 0.333. The number of hydrogen-bond acceptors (Lipinski definition) is 4. The first-order valence-corrected chi connectivity index (χ1v) is 4.08. The van der Waals surface area contributed by atoms with Gasteiger partial charge in [-0.05, 0) is 6.07 Å². The van der Waals surface area contributed by atoms with Crippen molar-refractivity contribution < 1.29 is 13.5 Å². The molecule has 4 nitrogen and oxygen atoms in total. The zero-order chi connectivity index (χ0) is 11.4. The van der Waals surface area contributed by atoms with Gasteiger partial charge in [0.05, 0.1) is 25.3 Å². The van der Waals surface area contributed by atoms with Gasteiger partial charge in [-0.3, -0.25) is 0 Å². The van der Waals surface area contributed by atoms with Crippen LogP contribution < -0.4 is 10.5 Å². The molecule has 0 amide bonds. The lowest BCUT2D eigenvalue weighted by Gasteiger charge is -2.09. The second-order valence-corrected chi connectivity index (χ2v) is 2.75. The average molecular weight is 213 g/mol. The highest BCUT2D eigenvalue weighted by atomic mass is 19.3. The van der Waals surface area contributed by atoms with Crippen LogP contribution in [-0.2, 0) is 6.42 Å². The third kappa shape index (κ3) is 2.31.